The molecule has 2 heterocycles. The summed E-state index contributed by atoms with van der Waals surface area (Å²) in [6.45, 7) is -4.26. The first-order valence-corrected chi connectivity index (χ1v) is 8.27. The number of ether oxygens (including phenoxy) is 5. The predicted molar refractivity (Wildman–Crippen MR) is 93.9 cm³/mol. The van der Waals surface area contributed by atoms with Crippen LogP contribution < -0.4 is 0 Å². The third kappa shape index (κ3) is 5.94. The van der Waals surface area contributed by atoms with Gasteiger partial charge in [0, 0.05) is 33.1 Å². The van der Waals surface area contributed by atoms with Crippen molar-refractivity contribution in [3.63, 3.8) is 0 Å². The van der Waals surface area contributed by atoms with E-state index in [9.17, 15) is 29.3 Å². The maximum absolute atomic E-state index is 12.0. The second kappa shape index (κ2) is 9.92. The van der Waals surface area contributed by atoms with Gasteiger partial charge in [0.25, 0.3) is 0 Å². The lowest BCUT2D eigenvalue weighted by Gasteiger charge is -2.42. The van der Waals surface area contributed by atoms with E-state index in [4.69, 9.17) is 29.2 Å². The molecule has 15 heteroatoms. The Morgan fingerprint density at radius 1 is 1.06 bits per heavy atom. The van der Waals surface area contributed by atoms with Gasteiger partial charge in [-0.05, 0) is 4.92 Å². The van der Waals surface area contributed by atoms with E-state index < -0.39 is 99.6 Å². The first-order chi connectivity index (χ1) is 16.7. The second-order valence-corrected chi connectivity index (χ2v) is 5.87. The van der Waals surface area contributed by atoms with Crippen molar-refractivity contribution in [3.05, 3.63) is 16.4 Å². The molecule has 0 N–H and O–H groups in total. The minimum absolute atomic E-state index is 0.561. The summed E-state index contributed by atoms with van der Waals surface area (Å²) < 4.78 is 55.2. The van der Waals surface area contributed by atoms with Gasteiger partial charge in [0.05, 0.1) is 0 Å². The van der Waals surface area contributed by atoms with Crippen molar-refractivity contribution in [2.24, 2.45) is 0 Å². The van der Waals surface area contributed by atoms with Crippen molar-refractivity contribution >= 4 is 29.8 Å². The highest BCUT2D eigenvalue weighted by Gasteiger charge is 2.55. The van der Waals surface area contributed by atoms with Crippen LogP contribution in [0.2, 0.25) is 0 Å². The molecule has 1 aromatic heterocycles. The lowest BCUT2D eigenvalue weighted by Crippen LogP contribution is -2.60. The van der Waals surface area contributed by atoms with Gasteiger partial charge in [-0.25, -0.2) is 0 Å². The van der Waals surface area contributed by atoms with Crippen molar-refractivity contribution in [2.45, 2.75) is 58.2 Å². The number of aromatic nitrogens is 3. The maximum atomic E-state index is 12.0. The van der Waals surface area contributed by atoms with Gasteiger partial charge < -0.3 is 33.8 Å². The van der Waals surface area contributed by atoms with Crippen LogP contribution in [0.3, 0.4) is 0 Å². The van der Waals surface area contributed by atoms with Crippen LogP contribution in [-0.2, 0) is 42.9 Å². The lowest BCUT2D eigenvalue weighted by atomic mass is 9.97. The van der Waals surface area contributed by atoms with E-state index in [2.05, 4.69) is 10.1 Å². The molecular weight excluding hydrogens is 424 g/mol. The number of nitro groups is 1. The molecule has 2 rings (SSSR count). The Morgan fingerprint density at radius 3 is 2.23 bits per heavy atom. The molecule has 170 valence electrons. The van der Waals surface area contributed by atoms with Gasteiger partial charge in [-0.1, -0.05) is 10.1 Å². The van der Waals surface area contributed by atoms with Crippen LogP contribution in [0.4, 0.5) is 5.95 Å². The molecule has 1 unspecified atom stereocenters. The van der Waals surface area contributed by atoms with Gasteiger partial charge in [-0.15, -0.1) is 4.68 Å². The van der Waals surface area contributed by atoms with Crippen molar-refractivity contribution in [3.8, 4) is 0 Å². The number of nitrogens with zero attached hydrogens (tertiary/aromatic N) is 4. The van der Waals surface area contributed by atoms with Crippen LogP contribution >= 0.6 is 0 Å². The largest absolute Gasteiger partial charge is 0.463 e. The van der Waals surface area contributed by atoms with Gasteiger partial charge in [0.15, 0.2) is 12.2 Å². The smallest absolute Gasteiger partial charge is 0.458 e. The minimum Gasteiger partial charge on any atom is -0.463 e. The van der Waals surface area contributed by atoms with Gasteiger partial charge >= 0.3 is 29.8 Å². The third-order valence-corrected chi connectivity index (χ3v) is 3.78. The Labute approximate surface area is 180 Å². The minimum atomic E-state index is -1.82. The molecule has 0 spiro atoms. The summed E-state index contributed by atoms with van der Waals surface area (Å²) in [5.74, 6) is -5.45. The zero-order valence-electron chi connectivity index (χ0n) is 19.8. The first kappa shape index (κ1) is 18.2. The summed E-state index contributed by atoms with van der Waals surface area (Å²) >= 11 is 0. The molecule has 0 radical (unpaired) electrons. The zero-order valence-corrected chi connectivity index (χ0v) is 15.8. The Morgan fingerprint density at radius 2 is 1.65 bits per heavy atom. The summed E-state index contributed by atoms with van der Waals surface area (Å²) in [4.78, 5) is 61.4. The van der Waals surface area contributed by atoms with E-state index in [0.29, 0.717) is 4.68 Å². The summed E-state index contributed by atoms with van der Waals surface area (Å²) in [7, 11) is 0. The van der Waals surface area contributed by atoms with Crippen LogP contribution in [0.5, 0.6) is 0 Å². The van der Waals surface area contributed by atoms with E-state index in [-0.39, 0.29) is 0 Å². The Hall–Kier alpha value is -3.62. The fraction of sp³-hybridized carbons (Fsp3) is 0.625. The first-order valence-electron chi connectivity index (χ1n) is 11.1. The number of esters is 4. The number of hydrogen-bond donors (Lipinski definition) is 0. The topological polar surface area (TPSA) is 188 Å². The second-order valence-electron chi connectivity index (χ2n) is 5.87. The molecule has 0 amide bonds. The molecule has 1 aliphatic rings. The van der Waals surface area contributed by atoms with Gasteiger partial charge in [-0.2, -0.15) is 0 Å². The average molecular weight is 448 g/mol. The average Bonchev–Trinajstić information content (AvgIpc) is 3.34. The molecule has 0 bridgehead atoms. The highest BCUT2D eigenvalue weighted by molar-refractivity contribution is 5.68. The molecule has 1 aromatic rings. The molecule has 5 atom stereocenters. The molecule has 0 saturated carbocycles. The standard InChI is InChI=1S/C16H20N4O11/c1-7(21)27-5-11-12(28-8(2)22)13(29-9(3)23)14(30-10(4)24)15(31-11)19-16(20(25)26)17-6-18-19/h6,11-15H,5H2,1-4H3/t11-,12-,13+,14-,15?/m1/s1/i1D,2D,3D,4D. The predicted octanol–water partition coefficient (Wildman–Crippen LogP) is -0.558. The molecule has 1 aliphatic heterocycles. The third-order valence-electron chi connectivity index (χ3n) is 3.78. The Kier molecular flexibility index (Phi) is 5.82. The van der Waals surface area contributed by atoms with Gasteiger partial charge in [0.1, 0.15) is 12.7 Å². The van der Waals surface area contributed by atoms with Crippen molar-refractivity contribution in [1.29, 1.82) is 0 Å². The van der Waals surface area contributed by atoms with Crippen LogP contribution in [0, 0.1) is 10.1 Å². The number of hydrogen-bond acceptors (Lipinski definition) is 13. The molecule has 31 heavy (non-hydrogen) atoms. The number of rotatable bonds is 7. The van der Waals surface area contributed by atoms with E-state index in [0.717, 1.165) is 6.33 Å². The van der Waals surface area contributed by atoms with Crippen LogP contribution in [0.25, 0.3) is 0 Å². The monoisotopic (exact) mass is 448 g/mol. The SMILES string of the molecule is [2H]CC(=O)OC[C@H]1OC(n2ncnc2[N+](=O)[O-])[C@H](OC(=O)C[2H])[C@@H](OC(=O)C[2H])[C@@H]1OC(=O)C[2H]. The fourth-order valence-corrected chi connectivity index (χ4v) is 2.81. The quantitative estimate of drug-likeness (QED) is 0.224. The summed E-state index contributed by atoms with van der Waals surface area (Å²) in [6.07, 6.45) is -7.87. The zero-order chi connectivity index (χ0) is 26.1. The molecule has 1 saturated heterocycles. The van der Waals surface area contributed by atoms with Crippen molar-refractivity contribution < 1.29 is 53.3 Å². The molecule has 0 aromatic carbocycles. The molecule has 0 aliphatic carbocycles. The van der Waals surface area contributed by atoms with E-state index >= 15 is 0 Å². The fourth-order valence-electron chi connectivity index (χ4n) is 2.81. The summed E-state index contributed by atoms with van der Waals surface area (Å²) in [5.41, 5.74) is 0. The number of carbonyl (C=O) groups is 4. The van der Waals surface area contributed by atoms with E-state index in [1.54, 1.807) is 0 Å². The normalized spacial score (nSPS) is 26.9. The maximum Gasteiger partial charge on any atom is 0.458 e. The van der Waals surface area contributed by atoms with Gasteiger partial charge in [-0.3, -0.25) is 19.2 Å². The van der Waals surface area contributed by atoms with Gasteiger partial charge in [0.2, 0.25) is 18.7 Å². The summed E-state index contributed by atoms with van der Waals surface area (Å²) in [6, 6.07) is 0. The number of carbonyl (C=O) groups excluding carboxylic acids is 4. The Bertz CT molecular complexity index is 948. The Balaban J connectivity index is 2.62. The van der Waals surface area contributed by atoms with Crippen molar-refractivity contribution in [2.75, 3.05) is 6.61 Å². The molecular formula is C16H20N4O11. The van der Waals surface area contributed by atoms with E-state index in [1.165, 1.54) is 0 Å². The summed E-state index contributed by atoms with van der Waals surface area (Å²) in [5, 5.41) is 15.1. The van der Waals surface area contributed by atoms with Crippen LogP contribution in [0.15, 0.2) is 6.33 Å². The highest BCUT2D eigenvalue weighted by atomic mass is 16.7. The molecule has 15 nitrogen and oxygen atoms in total. The molecule has 1 fully saturated rings. The highest BCUT2D eigenvalue weighted by Crippen LogP contribution is 2.35. The van der Waals surface area contributed by atoms with Crippen LogP contribution in [0.1, 0.15) is 39.3 Å². The lowest BCUT2D eigenvalue weighted by molar-refractivity contribution is -0.401. The van der Waals surface area contributed by atoms with Crippen LogP contribution in [-0.4, -0.2) is 74.6 Å². The van der Waals surface area contributed by atoms with Crippen molar-refractivity contribution in [1.82, 2.24) is 14.8 Å². The van der Waals surface area contributed by atoms with E-state index in [1.807, 2.05) is 0 Å².